The number of sulfonamides is 1. The van der Waals surface area contributed by atoms with Crippen LogP contribution >= 0.6 is 0 Å². The van der Waals surface area contributed by atoms with Gasteiger partial charge in [-0.05, 0) is 23.6 Å². The Morgan fingerprint density at radius 2 is 1.92 bits per heavy atom. The number of nitrogens with one attached hydrogen (secondary N) is 1. The van der Waals surface area contributed by atoms with Crippen molar-refractivity contribution < 1.29 is 13.2 Å². The fourth-order valence-corrected chi connectivity index (χ4v) is 4.59. The van der Waals surface area contributed by atoms with Crippen LogP contribution in [0, 0.1) is 0 Å². The molecule has 4 rings (SSSR count). The molecular weight excluding hydrogens is 340 g/mol. The van der Waals surface area contributed by atoms with Gasteiger partial charge in [-0.25, -0.2) is 18.4 Å². The van der Waals surface area contributed by atoms with Crippen LogP contribution in [-0.2, 0) is 21.4 Å². The van der Waals surface area contributed by atoms with Crippen LogP contribution in [-0.4, -0.2) is 30.8 Å². The molecule has 1 aliphatic rings. The lowest BCUT2D eigenvalue weighted by Gasteiger charge is -2.18. The molecule has 1 amide bonds. The highest BCUT2D eigenvalue weighted by Crippen LogP contribution is 2.41. The van der Waals surface area contributed by atoms with Crippen LogP contribution in [0.15, 0.2) is 59.9 Å². The Morgan fingerprint density at radius 3 is 2.68 bits per heavy atom. The van der Waals surface area contributed by atoms with Crippen LogP contribution in [0.1, 0.15) is 5.69 Å². The van der Waals surface area contributed by atoms with Crippen molar-refractivity contribution >= 4 is 32.4 Å². The van der Waals surface area contributed by atoms with Gasteiger partial charge >= 0.3 is 0 Å². The minimum Gasteiger partial charge on any atom is -0.349 e. The van der Waals surface area contributed by atoms with E-state index < -0.39 is 15.9 Å². The van der Waals surface area contributed by atoms with E-state index in [9.17, 15) is 13.2 Å². The minimum absolute atomic E-state index is 0.215. The summed E-state index contributed by atoms with van der Waals surface area (Å²) in [5.41, 5.74) is 1.18. The van der Waals surface area contributed by atoms with Gasteiger partial charge in [0.05, 0.1) is 22.8 Å². The van der Waals surface area contributed by atoms with Crippen molar-refractivity contribution in [3.8, 4) is 0 Å². The van der Waals surface area contributed by atoms with Crippen molar-refractivity contribution in [2.45, 2.75) is 11.4 Å². The third-order valence-corrected chi connectivity index (χ3v) is 5.88. The second-order valence-electron chi connectivity index (χ2n) is 5.62. The molecular formula is C17H14N4O3S. The number of rotatable bonds is 4. The summed E-state index contributed by atoms with van der Waals surface area (Å²) in [6.07, 6.45) is 2.97. The number of hydrogen-bond donors (Lipinski definition) is 1. The first-order valence-electron chi connectivity index (χ1n) is 7.63. The van der Waals surface area contributed by atoms with Gasteiger partial charge in [-0.3, -0.25) is 9.10 Å². The van der Waals surface area contributed by atoms with Crippen molar-refractivity contribution in [1.82, 2.24) is 15.3 Å². The van der Waals surface area contributed by atoms with Crippen molar-refractivity contribution in [3.63, 3.8) is 0 Å². The molecule has 0 aliphatic carbocycles. The molecule has 0 saturated carbocycles. The van der Waals surface area contributed by atoms with E-state index in [1.54, 1.807) is 36.5 Å². The molecule has 0 unspecified atom stereocenters. The van der Waals surface area contributed by atoms with Crippen LogP contribution in [0.2, 0.25) is 0 Å². The van der Waals surface area contributed by atoms with E-state index in [0.29, 0.717) is 16.8 Å². The maximum Gasteiger partial charge on any atom is 0.265 e. The molecule has 1 aromatic heterocycles. The molecule has 0 radical (unpaired) electrons. The number of carbonyl (C=O) groups excluding carboxylic acids is 1. The molecule has 126 valence electrons. The lowest BCUT2D eigenvalue weighted by atomic mass is 10.1. The number of amides is 1. The molecule has 2 aromatic carbocycles. The van der Waals surface area contributed by atoms with Gasteiger partial charge in [0.1, 0.15) is 12.9 Å². The smallest absolute Gasteiger partial charge is 0.265 e. The summed E-state index contributed by atoms with van der Waals surface area (Å²) in [6, 6.07) is 12.2. The molecule has 0 fully saturated rings. The van der Waals surface area contributed by atoms with E-state index in [2.05, 4.69) is 15.3 Å². The lowest BCUT2D eigenvalue weighted by molar-refractivity contribution is -0.119. The zero-order chi connectivity index (χ0) is 17.4. The number of hydrogen-bond acceptors (Lipinski definition) is 5. The van der Waals surface area contributed by atoms with Crippen LogP contribution in [0.3, 0.4) is 0 Å². The molecule has 8 heteroatoms. The highest BCUT2D eigenvalue weighted by Gasteiger charge is 2.36. The SMILES string of the molecule is O=C(CN1c2cccc3cccc(c23)S1(=O)=O)NCc1ccncn1. The Balaban J connectivity index is 1.59. The summed E-state index contributed by atoms with van der Waals surface area (Å²) in [7, 11) is -3.73. The van der Waals surface area contributed by atoms with Gasteiger partial charge in [-0.1, -0.05) is 24.3 Å². The van der Waals surface area contributed by atoms with Crippen LogP contribution in [0.4, 0.5) is 5.69 Å². The summed E-state index contributed by atoms with van der Waals surface area (Å²) < 4.78 is 26.8. The lowest BCUT2D eigenvalue weighted by Crippen LogP contribution is -2.38. The number of aromatic nitrogens is 2. The van der Waals surface area contributed by atoms with Crippen LogP contribution in [0.5, 0.6) is 0 Å². The van der Waals surface area contributed by atoms with Crippen molar-refractivity contribution in [2.75, 3.05) is 10.8 Å². The second kappa shape index (κ2) is 5.82. The average Bonchev–Trinajstić information content (AvgIpc) is 2.84. The maximum absolute atomic E-state index is 12.8. The van der Waals surface area contributed by atoms with Gasteiger partial charge < -0.3 is 5.32 Å². The topological polar surface area (TPSA) is 92.3 Å². The molecule has 0 spiro atoms. The number of benzene rings is 2. The Labute approximate surface area is 144 Å². The molecule has 2 heterocycles. The Morgan fingerprint density at radius 1 is 1.12 bits per heavy atom. The predicted molar refractivity (Wildman–Crippen MR) is 92.4 cm³/mol. The van der Waals surface area contributed by atoms with Gasteiger partial charge in [0, 0.05) is 11.6 Å². The molecule has 3 aromatic rings. The highest BCUT2D eigenvalue weighted by atomic mass is 32.2. The molecule has 1 aliphatic heterocycles. The van der Waals surface area contributed by atoms with E-state index in [0.717, 1.165) is 9.69 Å². The molecule has 0 atom stereocenters. The van der Waals surface area contributed by atoms with Gasteiger partial charge in [-0.15, -0.1) is 0 Å². The number of carbonyl (C=O) groups is 1. The van der Waals surface area contributed by atoms with Gasteiger partial charge in [0.15, 0.2) is 0 Å². The maximum atomic E-state index is 12.8. The summed E-state index contributed by atoms with van der Waals surface area (Å²) >= 11 is 0. The standard InChI is InChI=1S/C17H14N4O3S/c22-16(19-9-13-7-8-18-11-20-13)10-21-14-5-1-3-12-4-2-6-15(17(12)14)25(21,23)24/h1-8,11H,9-10H2,(H,19,22). The largest absolute Gasteiger partial charge is 0.349 e. The molecule has 25 heavy (non-hydrogen) atoms. The summed E-state index contributed by atoms with van der Waals surface area (Å²) in [5, 5.41) is 4.18. The van der Waals surface area contributed by atoms with Crippen LogP contribution in [0.25, 0.3) is 10.8 Å². The first-order valence-corrected chi connectivity index (χ1v) is 9.07. The van der Waals surface area contributed by atoms with E-state index in [4.69, 9.17) is 0 Å². The molecule has 7 nitrogen and oxygen atoms in total. The highest BCUT2D eigenvalue weighted by molar-refractivity contribution is 7.93. The Bertz CT molecular complexity index is 1060. The Kier molecular flexibility index (Phi) is 3.61. The van der Waals surface area contributed by atoms with Gasteiger partial charge in [0.2, 0.25) is 5.91 Å². The zero-order valence-corrected chi connectivity index (χ0v) is 13.9. The Hall–Kier alpha value is -3.00. The molecule has 0 bridgehead atoms. The van der Waals surface area contributed by atoms with E-state index in [1.165, 1.54) is 6.33 Å². The first-order chi connectivity index (χ1) is 12.1. The summed E-state index contributed by atoms with van der Waals surface area (Å²) in [5.74, 6) is -0.396. The fraction of sp³-hybridized carbons (Fsp3) is 0.118. The monoisotopic (exact) mass is 354 g/mol. The summed E-state index contributed by atoms with van der Waals surface area (Å²) in [4.78, 5) is 20.3. The van der Waals surface area contributed by atoms with Crippen molar-refractivity contribution in [3.05, 3.63) is 60.7 Å². The van der Waals surface area contributed by atoms with Crippen molar-refractivity contribution in [1.29, 1.82) is 0 Å². The second-order valence-corrected chi connectivity index (χ2v) is 7.45. The van der Waals surface area contributed by atoms with Gasteiger partial charge in [0.25, 0.3) is 10.0 Å². The first kappa shape index (κ1) is 15.5. The zero-order valence-electron chi connectivity index (χ0n) is 13.1. The normalized spacial score (nSPS) is 14.6. The van der Waals surface area contributed by atoms with E-state index in [1.807, 2.05) is 12.1 Å². The fourth-order valence-electron chi connectivity index (χ4n) is 2.93. The average molecular weight is 354 g/mol. The van der Waals surface area contributed by atoms with Gasteiger partial charge in [-0.2, -0.15) is 0 Å². The quantitative estimate of drug-likeness (QED) is 0.766. The summed E-state index contributed by atoms with van der Waals surface area (Å²) in [6.45, 7) is -0.0619. The third-order valence-electron chi connectivity index (χ3n) is 4.08. The number of nitrogens with zero attached hydrogens (tertiary/aromatic N) is 3. The minimum atomic E-state index is -3.73. The van der Waals surface area contributed by atoms with E-state index in [-0.39, 0.29) is 18.0 Å². The van der Waals surface area contributed by atoms with E-state index >= 15 is 0 Å². The predicted octanol–water partition coefficient (Wildman–Crippen LogP) is 1.45. The molecule has 0 saturated heterocycles. The third kappa shape index (κ3) is 2.60. The van der Waals surface area contributed by atoms with Crippen LogP contribution < -0.4 is 9.62 Å². The molecule has 1 N–H and O–H groups in total. The van der Waals surface area contributed by atoms with Crippen molar-refractivity contribution in [2.24, 2.45) is 0 Å². The number of anilines is 1.